The Kier molecular flexibility index (Phi) is 7.14. The van der Waals surface area contributed by atoms with Crippen LogP contribution >= 0.6 is 0 Å². The second-order valence-electron chi connectivity index (χ2n) is 9.32. The third-order valence-corrected chi connectivity index (χ3v) is 8.23. The molecule has 1 aromatic carbocycles. The summed E-state index contributed by atoms with van der Waals surface area (Å²) in [6, 6.07) is 7.33. The van der Waals surface area contributed by atoms with E-state index in [9.17, 15) is 28.6 Å². The average Bonchev–Trinajstić information content (AvgIpc) is 3.17. The Morgan fingerprint density at radius 3 is 2.47 bits per heavy atom. The van der Waals surface area contributed by atoms with Crippen LogP contribution in [0.1, 0.15) is 32.1 Å². The van der Waals surface area contributed by atoms with Crippen molar-refractivity contribution in [1.29, 1.82) is 0 Å². The predicted octanol–water partition coefficient (Wildman–Crippen LogP) is 1.64. The van der Waals surface area contributed by atoms with Crippen LogP contribution in [0.25, 0.3) is 0 Å². The highest BCUT2D eigenvalue weighted by atomic mass is 32.2. The first kappa shape index (κ1) is 23.2. The number of nitrogens with one attached hydrogen (secondary N) is 1. The minimum absolute atomic E-state index is 0.278. The van der Waals surface area contributed by atoms with E-state index in [1.54, 1.807) is 24.3 Å². The molecule has 9 nitrogen and oxygen atoms in total. The molecule has 4 N–H and O–H groups in total. The minimum Gasteiger partial charge on any atom is -0.480 e. The minimum atomic E-state index is -2.26. The number of hydrogen-bond acceptors (Lipinski definition) is 5. The van der Waals surface area contributed by atoms with Gasteiger partial charge in [0.2, 0.25) is 0 Å². The third-order valence-electron chi connectivity index (χ3n) is 7.38. The summed E-state index contributed by atoms with van der Waals surface area (Å²) in [5, 5.41) is 22.3. The highest BCUT2D eigenvalue weighted by molar-refractivity contribution is 7.80. The van der Waals surface area contributed by atoms with Crippen LogP contribution in [-0.2, 0) is 20.9 Å². The van der Waals surface area contributed by atoms with Gasteiger partial charge in [0, 0.05) is 13.1 Å². The molecular formula is C22H31N3O6S. The molecular weight excluding hydrogens is 434 g/mol. The lowest BCUT2D eigenvalue weighted by atomic mass is 9.69. The number of hydrogen-bond donors (Lipinski definition) is 4. The highest BCUT2D eigenvalue weighted by Gasteiger charge is 2.43. The maximum Gasteiger partial charge on any atom is 0.321 e. The number of carbonyl (C=O) groups is 2. The quantitative estimate of drug-likeness (QED) is 0.447. The van der Waals surface area contributed by atoms with Crippen LogP contribution in [0.3, 0.4) is 0 Å². The molecule has 2 heterocycles. The van der Waals surface area contributed by atoms with Crippen LogP contribution in [-0.4, -0.2) is 73.6 Å². The molecule has 1 aromatic rings. The van der Waals surface area contributed by atoms with Gasteiger partial charge in [0.25, 0.3) is 11.3 Å². The van der Waals surface area contributed by atoms with Gasteiger partial charge in [-0.15, -0.1) is 0 Å². The number of piperidine rings is 1. The second-order valence-corrected chi connectivity index (χ2v) is 10.2. The van der Waals surface area contributed by atoms with Crippen molar-refractivity contribution in [3.05, 3.63) is 30.3 Å². The van der Waals surface area contributed by atoms with Crippen LogP contribution < -0.4 is 9.62 Å². The molecule has 3 fully saturated rings. The fraction of sp³-hybridized carbons (Fsp3) is 0.636. The van der Waals surface area contributed by atoms with Gasteiger partial charge in [0.1, 0.15) is 12.1 Å². The molecule has 1 aliphatic carbocycles. The van der Waals surface area contributed by atoms with Crippen LogP contribution in [0.5, 0.6) is 0 Å². The van der Waals surface area contributed by atoms with Gasteiger partial charge in [0.15, 0.2) is 0 Å². The van der Waals surface area contributed by atoms with Crippen LogP contribution in [0.2, 0.25) is 0 Å². The van der Waals surface area contributed by atoms with Crippen molar-refractivity contribution in [2.45, 2.75) is 50.2 Å². The summed E-state index contributed by atoms with van der Waals surface area (Å²) in [5.74, 6) is -0.603. The van der Waals surface area contributed by atoms with Gasteiger partial charge in [0.05, 0.1) is 11.7 Å². The van der Waals surface area contributed by atoms with Gasteiger partial charge in [-0.25, -0.2) is 4.21 Å². The normalized spacial score (nSPS) is 33.9. The molecule has 2 saturated heterocycles. The van der Waals surface area contributed by atoms with Gasteiger partial charge in [-0.05, 0) is 68.5 Å². The van der Waals surface area contributed by atoms with Crippen molar-refractivity contribution >= 4 is 28.9 Å². The Bertz CT molecular complexity index is 855. The maximum atomic E-state index is 12.1. The lowest BCUT2D eigenvalue weighted by Gasteiger charge is -2.42. The van der Waals surface area contributed by atoms with E-state index in [2.05, 4.69) is 5.32 Å². The molecule has 0 spiro atoms. The molecule has 3 aliphatic rings. The summed E-state index contributed by atoms with van der Waals surface area (Å²) in [6.45, 7) is 1.75. The second kappa shape index (κ2) is 9.86. The summed E-state index contributed by atoms with van der Waals surface area (Å²) in [7, 11) is 0. The van der Waals surface area contributed by atoms with Crippen molar-refractivity contribution in [3.8, 4) is 0 Å². The number of likely N-dealkylation sites (tertiary alicyclic amines) is 1. The number of anilines is 1. The summed E-state index contributed by atoms with van der Waals surface area (Å²) in [6.07, 6.45) is 3.80. The average molecular weight is 466 g/mol. The Morgan fingerprint density at radius 2 is 1.81 bits per heavy atom. The first-order valence-corrected chi connectivity index (χ1v) is 12.3. The van der Waals surface area contributed by atoms with Crippen LogP contribution in [0.15, 0.2) is 30.3 Å². The highest BCUT2D eigenvalue weighted by Crippen LogP contribution is 2.40. The van der Waals surface area contributed by atoms with E-state index in [4.69, 9.17) is 0 Å². The van der Waals surface area contributed by atoms with Gasteiger partial charge >= 0.3 is 11.9 Å². The summed E-state index contributed by atoms with van der Waals surface area (Å²) in [4.78, 5) is 25.3. The number of fused-ring (bicyclic) bond motifs is 1. The smallest absolute Gasteiger partial charge is 0.321 e. The SMILES string of the molecule is O=C(O)[C@@H]1C[C@H]2C[C@@H](CN3C[C@@H](N(c4ccccc4)S(=O)O)C[C@H]3C(=O)O)CC[C@H]2CN1. The fourth-order valence-electron chi connectivity index (χ4n) is 5.86. The van der Waals surface area contributed by atoms with E-state index in [1.807, 2.05) is 11.0 Å². The Labute approximate surface area is 190 Å². The molecule has 176 valence electrons. The number of nitrogens with zero attached hydrogens (tertiary/aromatic N) is 2. The predicted molar refractivity (Wildman–Crippen MR) is 119 cm³/mol. The summed E-state index contributed by atoms with van der Waals surface area (Å²) >= 11 is -2.26. The molecule has 1 saturated carbocycles. The van der Waals surface area contributed by atoms with Crippen molar-refractivity contribution < 1.29 is 28.6 Å². The molecule has 0 bridgehead atoms. The number of benzene rings is 1. The Hall–Kier alpha value is -2.01. The van der Waals surface area contributed by atoms with Crippen molar-refractivity contribution in [2.75, 3.05) is 23.9 Å². The summed E-state index contributed by atoms with van der Waals surface area (Å²) < 4.78 is 23.5. The van der Waals surface area contributed by atoms with Crippen molar-refractivity contribution in [3.63, 3.8) is 0 Å². The molecule has 7 atom stereocenters. The Balaban J connectivity index is 1.44. The zero-order valence-electron chi connectivity index (χ0n) is 17.9. The van der Waals surface area contributed by atoms with Crippen LogP contribution in [0.4, 0.5) is 5.69 Å². The van der Waals surface area contributed by atoms with E-state index < -0.39 is 35.3 Å². The molecule has 2 aliphatic heterocycles. The molecule has 0 radical (unpaired) electrons. The zero-order valence-corrected chi connectivity index (χ0v) is 18.7. The first-order valence-electron chi connectivity index (χ1n) is 11.2. The Morgan fingerprint density at radius 1 is 1.06 bits per heavy atom. The molecule has 1 unspecified atom stereocenters. The van der Waals surface area contributed by atoms with E-state index in [1.165, 1.54) is 4.31 Å². The summed E-state index contributed by atoms with van der Waals surface area (Å²) in [5.41, 5.74) is 0.597. The van der Waals surface area contributed by atoms with Crippen LogP contribution in [0, 0.1) is 17.8 Å². The van der Waals surface area contributed by atoms with Gasteiger partial charge in [-0.2, -0.15) is 0 Å². The van der Waals surface area contributed by atoms with Gasteiger partial charge in [-0.3, -0.25) is 23.3 Å². The van der Waals surface area contributed by atoms with Gasteiger partial charge < -0.3 is 15.5 Å². The number of para-hydroxylation sites is 1. The molecule has 0 amide bonds. The fourth-order valence-corrected chi connectivity index (χ4v) is 6.57. The lowest BCUT2D eigenvalue weighted by molar-refractivity contribution is -0.143. The lowest BCUT2D eigenvalue weighted by Crippen LogP contribution is -2.50. The van der Waals surface area contributed by atoms with E-state index in [0.717, 1.165) is 25.8 Å². The molecule has 4 rings (SSSR count). The number of carboxylic acid groups (broad SMARTS) is 2. The number of aliphatic carboxylic acids is 2. The van der Waals surface area contributed by atoms with Gasteiger partial charge in [-0.1, -0.05) is 18.2 Å². The zero-order chi connectivity index (χ0) is 22.8. The number of carboxylic acids is 2. The standard InChI is InChI=1S/C22H31N3O6S/c26-21(27)19-9-16-8-14(6-7-15(16)11-23-19)12-24-13-18(10-20(24)22(28)29)25(32(30)31)17-4-2-1-3-5-17/h1-5,14-16,18-20,23H,6-13H2,(H,26,27)(H,28,29)(H,30,31)/t14-,15-,16+,18-,19-,20-/m0/s1. The molecule has 10 heteroatoms. The third kappa shape index (κ3) is 4.98. The monoisotopic (exact) mass is 465 g/mol. The topological polar surface area (TPSA) is 130 Å². The van der Waals surface area contributed by atoms with E-state index in [0.29, 0.717) is 43.0 Å². The molecule has 32 heavy (non-hydrogen) atoms. The maximum absolute atomic E-state index is 12.1. The van der Waals surface area contributed by atoms with Crippen molar-refractivity contribution in [2.24, 2.45) is 17.8 Å². The van der Waals surface area contributed by atoms with E-state index in [-0.39, 0.29) is 12.5 Å². The molecule has 0 aromatic heterocycles. The number of rotatable bonds is 7. The van der Waals surface area contributed by atoms with E-state index >= 15 is 0 Å². The van der Waals surface area contributed by atoms with Crippen molar-refractivity contribution in [1.82, 2.24) is 10.2 Å². The largest absolute Gasteiger partial charge is 0.480 e. The first-order chi connectivity index (χ1) is 15.3.